The predicted molar refractivity (Wildman–Crippen MR) is 73.8 cm³/mol. The van der Waals surface area contributed by atoms with Gasteiger partial charge in [-0.05, 0) is 24.3 Å². The van der Waals surface area contributed by atoms with Gasteiger partial charge >= 0.3 is 0 Å². The third-order valence-corrected chi connectivity index (χ3v) is 2.73. The number of H-pyrrole nitrogens is 1. The van der Waals surface area contributed by atoms with E-state index in [4.69, 9.17) is 0 Å². The Hall–Kier alpha value is -2.96. The summed E-state index contributed by atoms with van der Waals surface area (Å²) in [5.41, 5.74) is 0.810. The Bertz CT molecular complexity index is 836. The van der Waals surface area contributed by atoms with Gasteiger partial charge in [-0.3, -0.25) is 14.6 Å². The van der Waals surface area contributed by atoms with Crippen LogP contribution < -0.4 is 10.9 Å². The number of nitrogens with zero attached hydrogens (tertiary/aromatic N) is 3. The summed E-state index contributed by atoms with van der Waals surface area (Å²) < 4.78 is 1.47. The molecule has 2 heterocycles. The van der Waals surface area contributed by atoms with E-state index < -0.39 is 0 Å². The summed E-state index contributed by atoms with van der Waals surface area (Å²) >= 11 is 0. The van der Waals surface area contributed by atoms with Crippen molar-refractivity contribution in [2.45, 2.75) is 6.92 Å². The van der Waals surface area contributed by atoms with Crippen LogP contribution >= 0.6 is 0 Å². The number of aromatic amines is 1. The number of hydrogen-bond donors (Lipinski definition) is 2. The van der Waals surface area contributed by atoms with Crippen LogP contribution in [0.2, 0.25) is 0 Å². The normalized spacial score (nSPS) is 10.7. The molecule has 0 aliphatic carbocycles. The molecule has 3 aromatic rings. The van der Waals surface area contributed by atoms with Crippen LogP contribution in [0.25, 0.3) is 16.9 Å². The molecule has 0 aliphatic heterocycles. The van der Waals surface area contributed by atoms with E-state index in [1.165, 1.54) is 11.6 Å². The molecule has 0 bridgehead atoms. The molecule has 2 N–H and O–H groups in total. The molecule has 1 amide bonds. The van der Waals surface area contributed by atoms with Crippen LogP contribution in [-0.4, -0.2) is 25.7 Å². The van der Waals surface area contributed by atoms with Gasteiger partial charge in [-0.15, -0.1) is 0 Å². The number of aromatic nitrogens is 4. The number of amides is 1. The highest BCUT2D eigenvalue weighted by Gasteiger charge is 2.07. The SMILES string of the molecule is CC(=O)Nc1ccc2nc(-n3cccn3)[nH]c(=O)c2c1. The van der Waals surface area contributed by atoms with Gasteiger partial charge in [-0.25, -0.2) is 9.67 Å². The van der Waals surface area contributed by atoms with Crippen molar-refractivity contribution in [3.8, 4) is 5.95 Å². The molecule has 7 heteroatoms. The van der Waals surface area contributed by atoms with E-state index in [9.17, 15) is 9.59 Å². The Morgan fingerprint density at radius 1 is 1.40 bits per heavy atom. The number of carbonyl (C=O) groups is 1. The second kappa shape index (κ2) is 4.61. The van der Waals surface area contributed by atoms with E-state index >= 15 is 0 Å². The molecule has 7 nitrogen and oxygen atoms in total. The highest BCUT2D eigenvalue weighted by atomic mass is 16.1. The third kappa shape index (κ3) is 2.16. The van der Waals surface area contributed by atoms with Gasteiger partial charge in [0.15, 0.2) is 0 Å². The fourth-order valence-electron chi connectivity index (χ4n) is 1.91. The van der Waals surface area contributed by atoms with E-state index in [0.29, 0.717) is 22.5 Å². The van der Waals surface area contributed by atoms with Gasteiger partial charge < -0.3 is 5.32 Å². The van der Waals surface area contributed by atoms with Crippen molar-refractivity contribution < 1.29 is 4.79 Å². The highest BCUT2D eigenvalue weighted by Crippen LogP contribution is 2.15. The van der Waals surface area contributed by atoms with Crippen molar-refractivity contribution in [1.29, 1.82) is 0 Å². The summed E-state index contributed by atoms with van der Waals surface area (Å²) in [7, 11) is 0. The number of nitrogens with one attached hydrogen (secondary N) is 2. The first-order valence-corrected chi connectivity index (χ1v) is 5.95. The lowest BCUT2D eigenvalue weighted by molar-refractivity contribution is -0.114. The van der Waals surface area contributed by atoms with Crippen LogP contribution in [0.4, 0.5) is 5.69 Å². The summed E-state index contributed by atoms with van der Waals surface area (Å²) in [6.45, 7) is 1.41. The van der Waals surface area contributed by atoms with Gasteiger partial charge in [-0.1, -0.05) is 0 Å². The first-order valence-electron chi connectivity index (χ1n) is 5.95. The second-order valence-corrected chi connectivity index (χ2v) is 4.25. The predicted octanol–water partition coefficient (Wildman–Crippen LogP) is 1.07. The topological polar surface area (TPSA) is 92.7 Å². The fourth-order valence-corrected chi connectivity index (χ4v) is 1.91. The average molecular weight is 269 g/mol. The van der Waals surface area contributed by atoms with Crippen LogP contribution in [0.3, 0.4) is 0 Å². The summed E-state index contributed by atoms with van der Waals surface area (Å²) in [6, 6.07) is 6.71. The molecule has 0 radical (unpaired) electrons. The van der Waals surface area contributed by atoms with Crippen LogP contribution in [-0.2, 0) is 4.79 Å². The zero-order valence-corrected chi connectivity index (χ0v) is 10.6. The maximum absolute atomic E-state index is 12.1. The van der Waals surface area contributed by atoms with E-state index in [1.807, 2.05) is 0 Å². The molecular weight excluding hydrogens is 258 g/mol. The molecular formula is C13H11N5O2. The number of hydrogen-bond acceptors (Lipinski definition) is 4. The van der Waals surface area contributed by atoms with Gasteiger partial charge in [0, 0.05) is 25.0 Å². The lowest BCUT2D eigenvalue weighted by atomic mass is 10.2. The minimum atomic E-state index is -0.285. The zero-order chi connectivity index (χ0) is 14.1. The van der Waals surface area contributed by atoms with Crippen molar-refractivity contribution in [2.24, 2.45) is 0 Å². The third-order valence-electron chi connectivity index (χ3n) is 2.73. The van der Waals surface area contributed by atoms with Crippen molar-refractivity contribution >= 4 is 22.5 Å². The molecule has 20 heavy (non-hydrogen) atoms. The number of fused-ring (bicyclic) bond motifs is 1. The molecule has 2 aromatic heterocycles. The molecule has 0 unspecified atom stereocenters. The Balaban J connectivity index is 2.14. The first-order chi connectivity index (χ1) is 9.63. The van der Waals surface area contributed by atoms with Crippen molar-refractivity contribution in [2.75, 3.05) is 5.32 Å². The summed E-state index contributed by atoms with van der Waals surface area (Å²) in [4.78, 5) is 30.1. The zero-order valence-electron chi connectivity index (χ0n) is 10.6. The Morgan fingerprint density at radius 3 is 2.95 bits per heavy atom. The molecule has 100 valence electrons. The van der Waals surface area contributed by atoms with Gasteiger partial charge in [0.05, 0.1) is 10.9 Å². The van der Waals surface area contributed by atoms with Gasteiger partial charge in [0.25, 0.3) is 5.56 Å². The fraction of sp³-hybridized carbons (Fsp3) is 0.0769. The van der Waals surface area contributed by atoms with Crippen LogP contribution in [0.5, 0.6) is 0 Å². The van der Waals surface area contributed by atoms with Gasteiger partial charge in [0.1, 0.15) is 0 Å². The Labute approximate surface area is 113 Å². The van der Waals surface area contributed by atoms with E-state index in [1.54, 1.807) is 36.7 Å². The first kappa shape index (κ1) is 12.1. The summed E-state index contributed by atoms with van der Waals surface area (Å²) in [5.74, 6) is 0.154. The van der Waals surface area contributed by atoms with E-state index in [0.717, 1.165) is 0 Å². The van der Waals surface area contributed by atoms with Crippen molar-refractivity contribution in [3.63, 3.8) is 0 Å². The quantitative estimate of drug-likeness (QED) is 0.727. The maximum atomic E-state index is 12.1. The summed E-state index contributed by atoms with van der Waals surface area (Å²) in [6.07, 6.45) is 3.29. The van der Waals surface area contributed by atoms with Crippen molar-refractivity contribution in [1.82, 2.24) is 19.7 Å². The molecule has 0 spiro atoms. The standard InChI is InChI=1S/C13H11N5O2/c1-8(19)15-9-3-4-11-10(7-9)12(20)17-13(16-11)18-6-2-5-14-18/h2-7H,1H3,(H,15,19)(H,16,17,20). The van der Waals surface area contributed by atoms with Crippen LogP contribution in [0.1, 0.15) is 6.92 Å². The molecule has 0 fully saturated rings. The Kier molecular flexibility index (Phi) is 2.79. The minimum Gasteiger partial charge on any atom is -0.326 e. The largest absolute Gasteiger partial charge is 0.326 e. The minimum absolute atomic E-state index is 0.193. The lowest BCUT2D eigenvalue weighted by Gasteiger charge is -2.05. The number of anilines is 1. The number of rotatable bonds is 2. The van der Waals surface area contributed by atoms with Gasteiger partial charge in [0.2, 0.25) is 11.9 Å². The van der Waals surface area contributed by atoms with Crippen LogP contribution in [0, 0.1) is 0 Å². The molecule has 0 saturated carbocycles. The maximum Gasteiger partial charge on any atom is 0.260 e. The second-order valence-electron chi connectivity index (χ2n) is 4.25. The highest BCUT2D eigenvalue weighted by molar-refractivity contribution is 5.92. The summed E-state index contributed by atoms with van der Waals surface area (Å²) in [5, 5.41) is 7.06. The molecule has 0 atom stereocenters. The molecule has 1 aromatic carbocycles. The number of benzene rings is 1. The van der Waals surface area contributed by atoms with Crippen LogP contribution in [0.15, 0.2) is 41.5 Å². The van der Waals surface area contributed by atoms with E-state index in [-0.39, 0.29) is 11.5 Å². The average Bonchev–Trinajstić information content (AvgIpc) is 2.92. The Morgan fingerprint density at radius 2 is 2.25 bits per heavy atom. The monoisotopic (exact) mass is 269 g/mol. The molecule has 3 rings (SSSR count). The molecule has 0 aliphatic rings. The lowest BCUT2D eigenvalue weighted by Crippen LogP contribution is -2.14. The van der Waals surface area contributed by atoms with Gasteiger partial charge in [-0.2, -0.15) is 5.10 Å². The smallest absolute Gasteiger partial charge is 0.260 e. The van der Waals surface area contributed by atoms with Crippen molar-refractivity contribution in [3.05, 3.63) is 47.0 Å². The molecule has 0 saturated heterocycles. The van der Waals surface area contributed by atoms with E-state index in [2.05, 4.69) is 20.4 Å². The number of carbonyl (C=O) groups excluding carboxylic acids is 1.